The minimum Gasteiger partial charge on any atom is -0.481 e. The third-order valence-corrected chi connectivity index (χ3v) is 9.83. The van der Waals surface area contributed by atoms with Gasteiger partial charge in [-0.2, -0.15) is 0 Å². The third kappa shape index (κ3) is 5.16. The van der Waals surface area contributed by atoms with E-state index in [0.717, 1.165) is 10.4 Å². The smallest absolute Gasteiger partial charge is 0.335 e. The number of aromatic nitrogens is 2. The summed E-state index contributed by atoms with van der Waals surface area (Å²) >= 11 is 5.21. The van der Waals surface area contributed by atoms with Crippen LogP contribution in [0.25, 0.3) is 36.3 Å². The Hall–Kier alpha value is -4.25. The molecule has 1 atom stereocenters. The van der Waals surface area contributed by atoms with Crippen LogP contribution >= 0.6 is 34.0 Å². The second-order valence-corrected chi connectivity index (χ2v) is 12.4. The lowest BCUT2D eigenvalue weighted by atomic mass is 9.94. The van der Waals surface area contributed by atoms with E-state index in [9.17, 15) is 19.8 Å². The molecule has 0 saturated heterocycles. The monoisotopic (exact) mass is 583 g/mol. The van der Waals surface area contributed by atoms with Gasteiger partial charge in [0.15, 0.2) is 0 Å². The van der Waals surface area contributed by atoms with Gasteiger partial charge in [-0.3, -0.25) is 14.8 Å². The average molecular weight is 584 g/mol. The zero-order valence-electron chi connectivity index (χ0n) is 21.1. The lowest BCUT2D eigenvalue weighted by Gasteiger charge is -2.18. The fraction of sp³-hybridized carbons (Fsp3) is 0.100. The van der Waals surface area contributed by atoms with E-state index in [2.05, 4.69) is 57.6 Å². The summed E-state index contributed by atoms with van der Waals surface area (Å²) < 4.78 is 0. The lowest BCUT2D eigenvalue weighted by molar-refractivity contribution is -0.139. The molecule has 1 aliphatic rings. The summed E-state index contributed by atoms with van der Waals surface area (Å²) in [6, 6.07) is 17.3. The molecule has 0 fully saturated rings. The van der Waals surface area contributed by atoms with Crippen molar-refractivity contribution in [2.45, 2.75) is 13.3 Å². The van der Waals surface area contributed by atoms with Crippen LogP contribution in [0.3, 0.4) is 0 Å². The Kier molecular flexibility index (Phi) is 6.97. The molecule has 198 valence electrons. The van der Waals surface area contributed by atoms with Crippen LogP contribution in [0.5, 0.6) is 0 Å². The summed E-state index contributed by atoms with van der Waals surface area (Å²) in [7, 11) is 0. The van der Waals surface area contributed by atoms with Crippen molar-refractivity contribution in [1.82, 2.24) is 9.97 Å². The van der Waals surface area contributed by atoms with Crippen LogP contribution in [-0.4, -0.2) is 37.8 Å². The molecule has 0 aromatic carbocycles. The Labute approximate surface area is 241 Å². The standard InChI is InChI=1S/C30H21N3O4S3/c1-16-20(8-11-38-16)26-3-5-28(40-26)27-4-2-25(39-27)17-6-9-31-21(12-17)23-14-19(30(36)37)15-24(33-23)22-13-18(29(34)35)7-10-32-22/h2-14,19H,15H2,1H3,(H,34,35)(H,36,37). The summed E-state index contributed by atoms with van der Waals surface area (Å²) in [6.45, 7) is 2.14. The Morgan fingerprint density at radius 1 is 0.850 bits per heavy atom. The van der Waals surface area contributed by atoms with Crippen molar-refractivity contribution in [2.75, 3.05) is 0 Å². The maximum absolute atomic E-state index is 12.0. The number of aryl methyl sites for hydroxylation is 1. The summed E-state index contributed by atoms with van der Waals surface area (Å²) in [5.41, 5.74) is 4.00. The van der Waals surface area contributed by atoms with Gasteiger partial charge < -0.3 is 10.2 Å². The van der Waals surface area contributed by atoms with Gasteiger partial charge in [-0.05, 0) is 78.5 Å². The second kappa shape index (κ2) is 10.7. The zero-order chi connectivity index (χ0) is 27.8. The van der Waals surface area contributed by atoms with Crippen LogP contribution in [0.15, 0.2) is 83.4 Å². The Bertz CT molecular complexity index is 1830. The van der Waals surface area contributed by atoms with Gasteiger partial charge in [-0.25, -0.2) is 9.79 Å². The SMILES string of the molecule is Cc1sccc1-c1ccc(-c2ccc(-c3ccnc(C4=CC(C(=O)O)CC(c5cc(C(=O)O)ccn5)=N4)c3)s2)s1. The number of hydrogen-bond donors (Lipinski definition) is 2. The first kappa shape index (κ1) is 26.0. The molecule has 6 rings (SSSR count). The van der Waals surface area contributed by atoms with E-state index in [4.69, 9.17) is 0 Å². The number of rotatable bonds is 7. The number of carboxylic acids is 2. The maximum Gasteiger partial charge on any atom is 0.335 e. The normalized spacial score (nSPS) is 15.0. The quantitative estimate of drug-likeness (QED) is 0.204. The van der Waals surface area contributed by atoms with Crippen molar-refractivity contribution < 1.29 is 19.8 Å². The van der Waals surface area contributed by atoms with E-state index in [0.29, 0.717) is 22.8 Å². The van der Waals surface area contributed by atoms with Crippen molar-refractivity contribution >= 4 is 57.4 Å². The molecule has 5 aromatic heterocycles. The fourth-order valence-electron chi connectivity index (χ4n) is 4.48. The highest BCUT2D eigenvalue weighted by molar-refractivity contribution is 7.25. The van der Waals surface area contributed by atoms with Gasteiger partial charge in [0.05, 0.1) is 34.3 Å². The third-order valence-electron chi connectivity index (χ3n) is 6.53. The second-order valence-electron chi connectivity index (χ2n) is 9.14. The van der Waals surface area contributed by atoms with E-state index < -0.39 is 17.9 Å². The van der Waals surface area contributed by atoms with Crippen LogP contribution in [0.1, 0.15) is 33.0 Å². The molecular formula is C30H21N3O4S3. The first-order valence-corrected chi connectivity index (χ1v) is 14.8. The molecule has 7 nitrogen and oxygen atoms in total. The van der Waals surface area contributed by atoms with Gasteiger partial charge in [-0.15, -0.1) is 34.0 Å². The van der Waals surface area contributed by atoms with E-state index in [1.54, 1.807) is 46.3 Å². The van der Waals surface area contributed by atoms with E-state index >= 15 is 0 Å². The first-order chi connectivity index (χ1) is 19.4. The number of thiophene rings is 3. The highest BCUT2D eigenvalue weighted by atomic mass is 32.1. The van der Waals surface area contributed by atoms with Crippen LogP contribution in [0, 0.1) is 12.8 Å². The minimum atomic E-state index is -1.09. The molecular weight excluding hydrogens is 563 g/mol. The Morgan fingerprint density at radius 3 is 2.27 bits per heavy atom. The summed E-state index contributed by atoms with van der Waals surface area (Å²) in [6.07, 6.45) is 4.78. The van der Waals surface area contributed by atoms with Gasteiger partial charge in [0.25, 0.3) is 0 Å². The van der Waals surface area contributed by atoms with Crippen molar-refractivity contribution in [3.8, 4) is 30.6 Å². The number of aliphatic imine (C=N–C) groups is 1. The van der Waals surface area contributed by atoms with Crippen molar-refractivity contribution in [3.05, 3.63) is 100 Å². The Balaban J connectivity index is 1.32. The van der Waals surface area contributed by atoms with Gasteiger partial charge in [0.2, 0.25) is 0 Å². The average Bonchev–Trinajstić information content (AvgIpc) is 3.74. The van der Waals surface area contributed by atoms with Crippen molar-refractivity contribution in [1.29, 1.82) is 0 Å². The molecule has 0 spiro atoms. The van der Waals surface area contributed by atoms with Crippen molar-refractivity contribution in [3.63, 3.8) is 0 Å². The van der Waals surface area contributed by atoms with E-state index in [1.165, 1.54) is 43.4 Å². The molecule has 0 amide bonds. The molecule has 40 heavy (non-hydrogen) atoms. The highest BCUT2D eigenvalue weighted by Crippen LogP contribution is 2.42. The van der Waals surface area contributed by atoms with Gasteiger partial charge in [-0.1, -0.05) is 0 Å². The van der Waals surface area contributed by atoms with E-state index in [1.807, 2.05) is 12.1 Å². The molecule has 1 unspecified atom stereocenters. The number of aromatic carboxylic acids is 1. The largest absolute Gasteiger partial charge is 0.481 e. The van der Waals surface area contributed by atoms with Crippen LogP contribution < -0.4 is 0 Å². The number of nitrogens with zero attached hydrogens (tertiary/aromatic N) is 3. The van der Waals surface area contributed by atoms with Crippen LogP contribution in [-0.2, 0) is 4.79 Å². The molecule has 6 heterocycles. The molecule has 0 aliphatic carbocycles. The highest BCUT2D eigenvalue weighted by Gasteiger charge is 2.26. The predicted molar refractivity (Wildman–Crippen MR) is 160 cm³/mol. The van der Waals surface area contributed by atoms with E-state index in [-0.39, 0.29) is 12.0 Å². The number of carboxylic acid groups (broad SMARTS) is 2. The first-order valence-electron chi connectivity index (χ1n) is 12.3. The number of hydrogen-bond acceptors (Lipinski definition) is 8. The molecule has 2 N–H and O–H groups in total. The topological polar surface area (TPSA) is 113 Å². The van der Waals surface area contributed by atoms with Crippen LogP contribution in [0.4, 0.5) is 0 Å². The zero-order valence-corrected chi connectivity index (χ0v) is 23.5. The molecule has 0 bridgehead atoms. The van der Waals surface area contributed by atoms with Crippen LogP contribution in [0.2, 0.25) is 0 Å². The predicted octanol–water partition coefficient (Wildman–Crippen LogP) is 7.60. The number of pyridine rings is 2. The summed E-state index contributed by atoms with van der Waals surface area (Å²) in [5, 5.41) is 21.3. The Morgan fingerprint density at radius 2 is 1.55 bits per heavy atom. The fourth-order valence-corrected chi connectivity index (χ4v) is 7.43. The molecule has 10 heteroatoms. The molecule has 0 radical (unpaired) electrons. The molecule has 1 aliphatic heterocycles. The maximum atomic E-state index is 12.0. The van der Waals surface area contributed by atoms with Gasteiger partial charge >= 0.3 is 11.9 Å². The molecule has 5 aromatic rings. The summed E-state index contributed by atoms with van der Waals surface area (Å²) in [5.74, 6) is -2.92. The minimum absolute atomic E-state index is 0.0626. The molecule has 0 saturated carbocycles. The van der Waals surface area contributed by atoms with Gasteiger partial charge in [0.1, 0.15) is 0 Å². The lowest BCUT2D eigenvalue weighted by Crippen LogP contribution is -2.21. The van der Waals surface area contributed by atoms with Gasteiger partial charge in [0, 0.05) is 48.8 Å². The van der Waals surface area contributed by atoms with Crippen molar-refractivity contribution in [2.24, 2.45) is 10.9 Å². The summed E-state index contributed by atoms with van der Waals surface area (Å²) in [4.78, 5) is 42.8. The number of carbonyl (C=O) groups is 2. The number of aliphatic carboxylic acids is 1.